The molecule has 0 unspecified atom stereocenters. The number of alkyl carbamates (subject to hydrolysis) is 2. The topological polar surface area (TPSA) is 214 Å². The lowest BCUT2D eigenvalue weighted by Crippen LogP contribution is -2.34. The quantitative estimate of drug-likeness (QED) is 0.221. The predicted molar refractivity (Wildman–Crippen MR) is 161 cm³/mol. The van der Waals surface area contributed by atoms with Crippen molar-refractivity contribution in [2.75, 3.05) is 26.3 Å². The van der Waals surface area contributed by atoms with Gasteiger partial charge in [-0.25, -0.2) is 9.59 Å². The van der Waals surface area contributed by atoms with Crippen molar-refractivity contribution in [3.05, 3.63) is 47.5 Å². The van der Waals surface area contributed by atoms with Gasteiger partial charge in [-0.15, -0.1) is 0 Å². The molecular formula is C30H36N6O9. The lowest BCUT2D eigenvalue weighted by Gasteiger charge is -2.19. The van der Waals surface area contributed by atoms with Crippen molar-refractivity contribution in [1.29, 1.82) is 5.26 Å². The van der Waals surface area contributed by atoms with Gasteiger partial charge in [-0.2, -0.15) is 5.26 Å². The number of carbonyl (C=O) groups is 3. The van der Waals surface area contributed by atoms with Gasteiger partial charge in [-0.1, -0.05) is 12.1 Å². The van der Waals surface area contributed by atoms with Gasteiger partial charge < -0.3 is 44.4 Å². The summed E-state index contributed by atoms with van der Waals surface area (Å²) in [5.74, 6) is -0.0860. The maximum absolute atomic E-state index is 11.5. The van der Waals surface area contributed by atoms with Gasteiger partial charge in [0.1, 0.15) is 30.5 Å². The number of nitrogens with one attached hydrogen (secondary N) is 2. The number of nitrogens with zero attached hydrogens (tertiary/aromatic N) is 3. The van der Waals surface area contributed by atoms with Crippen LogP contribution in [0.3, 0.4) is 0 Å². The van der Waals surface area contributed by atoms with Crippen LogP contribution in [0.1, 0.15) is 57.5 Å². The summed E-state index contributed by atoms with van der Waals surface area (Å²) < 4.78 is 31.3. The molecule has 2 aromatic heterocycles. The Morgan fingerprint density at radius 3 is 1.73 bits per heavy atom. The molecule has 0 saturated carbocycles. The number of aromatic nitrogens is 2. The first-order valence-corrected chi connectivity index (χ1v) is 13.8. The molecule has 15 nitrogen and oxygen atoms in total. The Labute approximate surface area is 258 Å². The summed E-state index contributed by atoms with van der Waals surface area (Å²) in [5.41, 5.74) is 5.46. The Kier molecular flexibility index (Phi) is 11.2. The second-order valence-corrected chi connectivity index (χ2v) is 11.4. The molecule has 0 fully saturated rings. The SMILES string of the molecule is CC(C)(C)OC(=O)NCCOc1noc2c(C#N)cccc12.CC(C)(C)OC(=O)NCCOc1noc2c(C(N)=O)cccc12. The van der Waals surface area contributed by atoms with E-state index in [-0.39, 0.29) is 49.2 Å². The summed E-state index contributed by atoms with van der Waals surface area (Å²) >= 11 is 0. The minimum atomic E-state index is -0.607. The molecular weight excluding hydrogens is 588 g/mol. The number of nitrogens with two attached hydrogens (primary N) is 1. The van der Waals surface area contributed by atoms with E-state index in [0.29, 0.717) is 21.9 Å². The van der Waals surface area contributed by atoms with Gasteiger partial charge in [0.25, 0.3) is 17.7 Å². The van der Waals surface area contributed by atoms with Gasteiger partial charge in [0.05, 0.1) is 35.0 Å². The molecule has 0 spiro atoms. The summed E-state index contributed by atoms with van der Waals surface area (Å²) in [4.78, 5) is 34.2. The van der Waals surface area contributed by atoms with E-state index in [4.69, 9.17) is 39.0 Å². The van der Waals surface area contributed by atoms with Gasteiger partial charge in [0.2, 0.25) is 0 Å². The number of benzene rings is 2. The second-order valence-electron chi connectivity index (χ2n) is 11.4. The molecule has 2 heterocycles. The first-order chi connectivity index (χ1) is 21.2. The van der Waals surface area contributed by atoms with Crippen LogP contribution in [-0.4, -0.2) is 65.9 Å². The summed E-state index contributed by atoms with van der Waals surface area (Å²) in [6.45, 7) is 11.6. The van der Waals surface area contributed by atoms with Crippen molar-refractivity contribution in [2.24, 2.45) is 5.73 Å². The molecule has 240 valence electrons. The summed E-state index contributed by atoms with van der Waals surface area (Å²) in [5, 5.41) is 22.8. The normalized spacial score (nSPS) is 11.1. The molecule has 0 bridgehead atoms. The molecule has 4 aromatic rings. The third-order valence-corrected chi connectivity index (χ3v) is 5.33. The Bertz CT molecular complexity index is 1680. The molecule has 0 aliphatic heterocycles. The number of amides is 3. The Morgan fingerprint density at radius 1 is 0.800 bits per heavy atom. The minimum absolute atomic E-state index is 0.168. The molecule has 4 rings (SSSR count). The van der Waals surface area contributed by atoms with Gasteiger partial charge in [-0.3, -0.25) is 4.79 Å². The number of nitriles is 1. The zero-order valence-electron chi connectivity index (χ0n) is 25.9. The van der Waals surface area contributed by atoms with E-state index in [1.807, 2.05) is 6.07 Å². The highest BCUT2D eigenvalue weighted by molar-refractivity contribution is 6.04. The zero-order chi connectivity index (χ0) is 33.2. The highest BCUT2D eigenvalue weighted by Gasteiger charge is 2.18. The van der Waals surface area contributed by atoms with E-state index in [1.165, 1.54) is 0 Å². The monoisotopic (exact) mass is 624 g/mol. The Morgan fingerprint density at radius 2 is 1.27 bits per heavy atom. The summed E-state index contributed by atoms with van der Waals surface area (Å²) in [6.07, 6.45) is -1.03. The molecule has 4 N–H and O–H groups in total. The molecule has 0 radical (unpaired) electrons. The largest absolute Gasteiger partial charge is 0.473 e. The van der Waals surface area contributed by atoms with E-state index in [9.17, 15) is 14.4 Å². The Balaban J connectivity index is 0.000000246. The highest BCUT2D eigenvalue weighted by Crippen LogP contribution is 2.28. The number of hydrogen-bond acceptors (Lipinski definition) is 12. The molecule has 0 aliphatic carbocycles. The van der Waals surface area contributed by atoms with Crippen molar-refractivity contribution >= 4 is 40.0 Å². The fraction of sp³-hybridized carbons (Fsp3) is 0.400. The van der Waals surface area contributed by atoms with Crippen LogP contribution in [0.5, 0.6) is 11.8 Å². The first-order valence-electron chi connectivity index (χ1n) is 13.8. The molecule has 3 amide bonds. The fourth-order valence-electron chi connectivity index (χ4n) is 3.60. The average molecular weight is 625 g/mol. The van der Waals surface area contributed by atoms with Crippen LogP contribution in [0.15, 0.2) is 45.4 Å². The number of carbonyl (C=O) groups excluding carboxylic acids is 3. The van der Waals surface area contributed by atoms with Crippen LogP contribution in [-0.2, 0) is 9.47 Å². The number of primary amides is 1. The van der Waals surface area contributed by atoms with Gasteiger partial charge in [0, 0.05) is 0 Å². The van der Waals surface area contributed by atoms with Gasteiger partial charge >= 0.3 is 12.2 Å². The molecule has 45 heavy (non-hydrogen) atoms. The van der Waals surface area contributed by atoms with Crippen LogP contribution in [0.25, 0.3) is 21.9 Å². The molecule has 0 atom stereocenters. The molecule has 2 aromatic carbocycles. The van der Waals surface area contributed by atoms with E-state index in [0.717, 1.165) is 0 Å². The van der Waals surface area contributed by atoms with E-state index >= 15 is 0 Å². The van der Waals surface area contributed by atoms with Crippen LogP contribution in [0.2, 0.25) is 0 Å². The third-order valence-electron chi connectivity index (χ3n) is 5.33. The first kappa shape index (κ1) is 34.0. The number of fused-ring (bicyclic) bond motifs is 2. The van der Waals surface area contributed by atoms with Crippen molar-refractivity contribution in [2.45, 2.75) is 52.7 Å². The lowest BCUT2D eigenvalue weighted by molar-refractivity contribution is 0.0508. The van der Waals surface area contributed by atoms with E-state index in [1.54, 1.807) is 77.9 Å². The van der Waals surface area contributed by atoms with Gasteiger partial charge in [0.15, 0.2) is 11.2 Å². The average Bonchev–Trinajstić information content (AvgIpc) is 3.56. The van der Waals surface area contributed by atoms with Gasteiger partial charge in [-0.05, 0) is 76.1 Å². The lowest BCUT2D eigenvalue weighted by atomic mass is 10.1. The molecule has 0 aliphatic rings. The predicted octanol–water partition coefficient (Wildman–Crippen LogP) is 4.43. The fourth-order valence-corrected chi connectivity index (χ4v) is 3.60. The smallest absolute Gasteiger partial charge is 0.407 e. The highest BCUT2D eigenvalue weighted by atomic mass is 16.6. The summed E-state index contributed by atoms with van der Waals surface area (Å²) in [7, 11) is 0. The standard InChI is InChI=1S/C15H19N3O5.C15H17N3O4/c1-15(2,3)22-14(20)17-7-8-21-13-10-6-4-5-9(12(16)19)11(10)23-18-13;1-15(2,3)21-14(19)17-7-8-20-13-11-6-4-5-10(9-16)12(11)22-18-13/h4-6H,7-8H2,1-3H3,(H2,16,19)(H,17,20);4-6H,7-8H2,1-3H3,(H,17,19). The second kappa shape index (κ2) is 14.8. The number of ether oxygens (including phenoxy) is 4. The Hall–Kier alpha value is -5.52. The van der Waals surface area contributed by atoms with Crippen LogP contribution >= 0.6 is 0 Å². The third kappa shape index (κ3) is 10.3. The van der Waals surface area contributed by atoms with Crippen molar-refractivity contribution in [1.82, 2.24) is 20.9 Å². The molecule has 15 heteroatoms. The van der Waals surface area contributed by atoms with Crippen molar-refractivity contribution < 1.29 is 42.4 Å². The minimum Gasteiger partial charge on any atom is -0.473 e. The zero-order valence-corrected chi connectivity index (χ0v) is 25.9. The van der Waals surface area contributed by atoms with Crippen molar-refractivity contribution in [3.8, 4) is 17.8 Å². The number of para-hydroxylation sites is 2. The van der Waals surface area contributed by atoms with E-state index in [2.05, 4.69) is 20.9 Å². The van der Waals surface area contributed by atoms with Crippen LogP contribution in [0.4, 0.5) is 9.59 Å². The maximum Gasteiger partial charge on any atom is 0.407 e. The van der Waals surface area contributed by atoms with Crippen LogP contribution in [0, 0.1) is 11.3 Å². The summed E-state index contributed by atoms with van der Waals surface area (Å²) in [6, 6.07) is 12.1. The molecule has 0 saturated heterocycles. The van der Waals surface area contributed by atoms with E-state index < -0.39 is 29.3 Å². The maximum atomic E-state index is 11.5. The van der Waals surface area contributed by atoms with Crippen molar-refractivity contribution in [3.63, 3.8) is 0 Å². The number of rotatable bonds is 9. The van der Waals surface area contributed by atoms with Crippen LogP contribution < -0.4 is 25.8 Å². The number of hydrogen-bond donors (Lipinski definition) is 3.